The second kappa shape index (κ2) is 6.92. The highest BCUT2D eigenvalue weighted by Crippen LogP contribution is 2.63. The van der Waals surface area contributed by atoms with Gasteiger partial charge in [0.15, 0.2) is 0 Å². The lowest BCUT2D eigenvalue weighted by atomic mass is 9.54. The average molecular weight is 344 g/mol. The number of hydrogen-bond acceptors (Lipinski definition) is 3. The quantitative estimate of drug-likeness (QED) is 0.864. The Kier molecular flexibility index (Phi) is 4.81. The van der Waals surface area contributed by atoms with Crippen molar-refractivity contribution in [1.29, 1.82) is 0 Å². The van der Waals surface area contributed by atoms with E-state index in [1.165, 1.54) is 50.5 Å². The van der Waals surface area contributed by atoms with E-state index < -0.39 is 0 Å². The average Bonchev–Trinajstić information content (AvgIpc) is 3.04. The van der Waals surface area contributed by atoms with E-state index in [1.807, 2.05) is 0 Å². The van der Waals surface area contributed by atoms with E-state index in [4.69, 9.17) is 9.47 Å². The summed E-state index contributed by atoms with van der Waals surface area (Å²) in [5.74, 6) is 3.30. The molecule has 138 valence electrons. The van der Waals surface area contributed by atoms with Gasteiger partial charge in [-0.1, -0.05) is 13.0 Å². The summed E-state index contributed by atoms with van der Waals surface area (Å²) in [6.45, 7) is 2.99. The Morgan fingerprint density at radius 1 is 1.20 bits per heavy atom. The van der Waals surface area contributed by atoms with Gasteiger partial charge in [0.05, 0.1) is 26.4 Å². The van der Waals surface area contributed by atoms with Crippen LogP contribution >= 0.6 is 0 Å². The number of benzene rings is 1. The summed E-state index contributed by atoms with van der Waals surface area (Å²) in [5, 5.41) is 9.18. The lowest BCUT2D eigenvalue weighted by molar-refractivity contribution is -0.0831. The van der Waals surface area contributed by atoms with Gasteiger partial charge in [0.1, 0.15) is 5.75 Å². The third-order valence-electron chi connectivity index (χ3n) is 7.64. The van der Waals surface area contributed by atoms with E-state index in [0.717, 1.165) is 23.5 Å². The van der Waals surface area contributed by atoms with Crippen LogP contribution in [0.1, 0.15) is 62.5 Å². The molecule has 3 aliphatic rings. The van der Waals surface area contributed by atoms with Crippen molar-refractivity contribution in [2.24, 2.45) is 17.3 Å². The first-order valence-electron chi connectivity index (χ1n) is 10.1. The molecular formula is C22H32O3. The fourth-order valence-corrected chi connectivity index (χ4v) is 6.56. The third kappa shape index (κ3) is 2.71. The van der Waals surface area contributed by atoms with Crippen molar-refractivity contribution in [3.8, 4) is 5.75 Å². The van der Waals surface area contributed by atoms with Crippen LogP contribution in [0.4, 0.5) is 0 Å². The van der Waals surface area contributed by atoms with Crippen LogP contribution in [0.25, 0.3) is 0 Å². The number of fused-ring (bicyclic) bond motifs is 5. The summed E-state index contributed by atoms with van der Waals surface area (Å²) < 4.78 is 11.6. The molecule has 4 rings (SSSR count). The van der Waals surface area contributed by atoms with Crippen LogP contribution in [0.5, 0.6) is 5.75 Å². The highest BCUT2D eigenvalue weighted by molar-refractivity contribution is 5.40. The first kappa shape index (κ1) is 17.4. The Morgan fingerprint density at radius 3 is 2.84 bits per heavy atom. The smallest absolute Gasteiger partial charge is 0.119 e. The van der Waals surface area contributed by atoms with Crippen molar-refractivity contribution in [2.75, 3.05) is 20.3 Å². The Hall–Kier alpha value is -1.06. The number of ether oxygens (including phenoxy) is 2. The molecule has 0 amide bonds. The van der Waals surface area contributed by atoms with Crippen LogP contribution in [0.3, 0.4) is 0 Å². The molecule has 1 aromatic rings. The van der Waals surface area contributed by atoms with Crippen LogP contribution in [-0.2, 0) is 11.2 Å². The molecule has 0 aliphatic heterocycles. The minimum Gasteiger partial charge on any atom is -0.497 e. The van der Waals surface area contributed by atoms with Crippen molar-refractivity contribution < 1.29 is 14.6 Å². The predicted molar refractivity (Wildman–Crippen MR) is 99.1 cm³/mol. The van der Waals surface area contributed by atoms with Gasteiger partial charge in [-0.15, -0.1) is 0 Å². The zero-order chi connectivity index (χ0) is 17.4. The number of aryl methyl sites for hydroxylation is 1. The summed E-state index contributed by atoms with van der Waals surface area (Å²) in [5.41, 5.74) is 3.44. The Bertz CT molecular complexity index is 613. The molecule has 3 heteroatoms. The third-order valence-corrected chi connectivity index (χ3v) is 7.64. The molecule has 2 saturated carbocycles. The van der Waals surface area contributed by atoms with Gasteiger partial charge < -0.3 is 14.6 Å². The maximum atomic E-state index is 9.18. The van der Waals surface area contributed by atoms with Gasteiger partial charge in [-0.3, -0.25) is 0 Å². The second-order valence-corrected chi connectivity index (χ2v) is 8.27. The number of hydrogen-bond donors (Lipinski definition) is 1. The fraction of sp³-hybridized carbons (Fsp3) is 0.727. The van der Waals surface area contributed by atoms with Crippen molar-refractivity contribution >= 4 is 0 Å². The van der Waals surface area contributed by atoms with E-state index in [2.05, 4.69) is 25.1 Å². The highest BCUT2D eigenvalue weighted by atomic mass is 16.5. The normalized spacial score (nSPS) is 36.4. The molecule has 0 heterocycles. The highest BCUT2D eigenvalue weighted by Gasteiger charge is 2.56. The van der Waals surface area contributed by atoms with Crippen LogP contribution < -0.4 is 4.74 Å². The SMILES string of the molecule is CCC12CC[C@@H]3c4ccc(OC)cc4CC[C@H]3[C@@H]1CC[C@@H]2OCCO. The van der Waals surface area contributed by atoms with Crippen molar-refractivity contribution in [1.82, 2.24) is 0 Å². The molecular weight excluding hydrogens is 312 g/mol. The van der Waals surface area contributed by atoms with E-state index in [1.54, 1.807) is 12.7 Å². The number of aliphatic hydroxyl groups is 1. The van der Waals surface area contributed by atoms with Gasteiger partial charge >= 0.3 is 0 Å². The molecule has 0 bridgehead atoms. The number of aliphatic hydroxyl groups excluding tert-OH is 1. The van der Waals surface area contributed by atoms with Crippen molar-refractivity contribution in [2.45, 2.75) is 63.9 Å². The summed E-state index contributed by atoms with van der Waals surface area (Å²) in [7, 11) is 1.76. The lowest BCUT2D eigenvalue weighted by Gasteiger charge is -2.52. The topological polar surface area (TPSA) is 38.7 Å². The van der Waals surface area contributed by atoms with E-state index >= 15 is 0 Å². The maximum absolute atomic E-state index is 9.18. The molecule has 2 fully saturated rings. The second-order valence-electron chi connectivity index (χ2n) is 8.27. The summed E-state index contributed by atoms with van der Waals surface area (Å²) in [6.07, 6.45) is 9.11. The lowest BCUT2D eigenvalue weighted by Crippen LogP contribution is -2.46. The molecule has 0 spiro atoms. The molecule has 1 N–H and O–H groups in total. The Morgan fingerprint density at radius 2 is 2.08 bits per heavy atom. The van der Waals surface area contributed by atoms with Crippen LogP contribution in [0.2, 0.25) is 0 Å². The molecule has 25 heavy (non-hydrogen) atoms. The maximum Gasteiger partial charge on any atom is 0.119 e. The first-order valence-corrected chi connectivity index (χ1v) is 10.1. The summed E-state index contributed by atoms with van der Waals surface area (Å²) in [4.78, 5) is 0. The van der Waals surface area contributed by atoms with Crippen LogP contribution in [-0.4, -0.2) is 31.5 Å². The predicted octanol–water partition coefficient (Wildman–Crippen LogP) is 4.32. The van der Waals surface area contributed by atoms with Gasteiger partial charge in [-0.2, -0.15) is 0 Å². The molecule has 5 atom stereocenters. The van der Waals surface area contributed by atoms with Crippen molar-refractivity contribution in [3.63, 3.8) is 0 Å². The zero-order valence-corrected chi connectivity index (χ0v) is 15.7. The van der Waals surface area contributed by atoms with Crippen LogP contribution in [0, 0.1) is 17.3 Å². The summed E-state index contributed by atoms with van der Waals surface area (Å²) >= 11 is 0. The Balaban J connectivity index is 1.61. The first-order chi connectivity index (χ1) is 12.2. The molecule has 3 aliphatic carbocycles. The molecule has 1 unspecified atom stereocenters. The monoisotopic (exact) mass is 344 g/mol. The summed E-state index contributed by atoms with van der Waals surface area (Å²) in [6, 6.07) is 6.73. The number of methoxy groups -OCH3 is 1. The van der Waals surface area contributed by atoms with E-state index in [-0.39, 0.29) is 6.61 Å². The minimum absolute atomic E-state index is 0.141. The zero-order valence-electron chi connectivity index (χ0n) is 15.7. The molecule has 0 radical (unpaired) electrons. The molecule has 3 nitrogen and oxygen atoms in total. The largest absolute Gasteiger partial charge is 0.497 e. The Labute approximate surface area is 151 Å². The van der Waals surface area contributed by atoms with Gasteiger partial charge in [0.25, 0.3) is 0 Å². The van der Waals surface area contributed by atoms with Gasteiger partial charge in [-0.25, -0.2) is 0 Å². The van der Waals surface area contributed by atoms with Crippen LogP contribution in [0.15, 0.2) is 18.2 Å². The van der Waals surface area contributed by atoms with Gasteiger partial charge in [0, 0.05) is 0 Å². The molecule has 0 aromatic heterocycles. The van der Waals surface area contributed by atoms with Gasteiger partial charge in [-0.05, 0) is 91.4 Å². The molecule has 1 aromatic carbocycles. The number of rotatable bonds is 5. The standard InChI is InChI=1S/C22H32O3/c1-3-22-11-10-18-17-7-5-16(24-2)14-15(17)4-6-19(18)20(22)8-9-21(22)25-13-12-23/h5,7,14,18-21,23H,3-4,6,8-13H2,1-2H3/t18-,19-,20+,21+,22?/m1/s1. The fourth-order valence-electron chi connectivity index (χ4n) is 6.56. The van der Waals surface area contributed by atoms with E-state index in [9.17, 15) is 5.11 Å². The molecule has 0 saturated heterocycles. The minimum atomic E-state index is 0.141. The van der Waals surface area contributed by atoms with Crippen molar-refractivity contribution in [3.05, 3.63) is 29.3 Å². The van der Waals surface area contributed by atoms with Gasteiger partial charge in [0.2, 0.25) is 0 Å². The van der Waals surface area contributed by atoms with E-state index in [0.29, 0.717) is 18.1 Å².